The van der Waals surface area contributed by atoms with E-state index in [4.69, 9.17) is 0 Å². The summed E-state index contributed by atoms with van der Waals surface area (Å²) in [5.74, 6) is -1.74. The molecule has 0 aromatic heterocycles. The van der Waals surface area contributed by atoms with Crippen LogP contribution in [0.25, 0.3) is 0 Å². The van der Waals surface area contributed by atoms with Gasteiger partial charge in [-0.25, -0.2) is 4.79 Å². The highest BCUT2D eigenvalue weighted by molar-refractivity contribution is 5.79. The van der Waals surface area contributed by atoms with Crippen LogP contribution in [-0.4, -0.2) is 52.9 Å². The number of amides is 2. The normalized spacial score (nSPS) is 19.6. The van der Waals surface area contributed by atoms with Crippen molar-refractivity contribution in [2.75, 3.05) is 19.6 Å². The third-order valence-electron chi connectivity index (χ3n) is 3.41. The third kappa shape index (κ3) is 3.48. The lowest BCUT2D eigenvalue weighted by Crippen LogP contribution is -2.41. The van der Waals surface area contributed by atoms with Gasteiger partial charge in [-0.05, 0) is 12.0 Å². The zero-order valence-electron chi connectivity index (χ0n) is 11.0. The molecule has 1 heterocycles. The average Bonchev–Trinajstić information content (AvgIpc) is 2.86. The smallest absolute Gasteiger partial charge is 0.317 e. The standard InChI is InChI=1S/C14H18N2O4/c17-11-6-7-16(9-11)14(20)15-8-12(13(18)19)10-4-2-1-3-5-10/h1-5,11-12,17H,6-9H2,(H,15,20)(H,18,19). The number of carbonyl (C=O) groups excluding carboxylic acids is 1. The van der Waals surface area contributed by atoms with E-state index in [1.54, 1.807) is 24.3 Å². The summed E-state index contributed by atoms with van der Waals surface area (Å²) in [6.07, 6.45) is 0.0826. The first-order chi connectivity index (χ1) is 9.58. The summed E-state index contributed by atoms with van der Waals surface area (Å²) in [6.45, 7) is 0.829. The van der Waals surface area contributed by atoms with Crippen LogP contribution in [0.5, 0.6) is 0 Å². The molecule has 0 bridgehead atoms. The van der Waals surface area contributed by atoms with Crippen LogP contribution in [0.3, 0.4) is 0 Å². The lowest BCUT2D eigenvalue weighted by molar-refractivity contribution is -0.138. The van der Waals surface area contributed by atoms with Gasteiger partial charge in [0.25, 0.3) is 0 Å². The number of urea groups is 1. The molecule has 1 aliphatic heterocycles. The topological polar surface area (TPSA) is 89.9 Å². The number of benzene rings is 1. The van der Waals surface area contributed by atoms with Crippen LogP contribution in [0.15, 0.2) is 30.3 Å². The fourth-order valence-corrected chi connectivity index (χ4v) is 2.26. The number of nitrogens with zero attached hydrogens (tertiary/aromatic N) is 1. The molecule has 0 saturated carbocycles. The predicted molar refractivity (Wildman–Crippen MR) is 72.4 cm³/mol. The molecule has 0 radical (unpaired) electrons. The van der Waals surface area contributed by atoms with Crippen molar-refractivity contribution < 1.29 is 19.8 Å². The van der Waals surface area contributed by atoms with E-state index < -0.39 is 18.0 Å². The number of β-amino-alcohol motifs (C(OH)–C–C–N with tert-alkyl or cyclic N) is 1. The Hall–Kier alpha value is -2.08. The second kappa shape index (κ2) is 6.38. The Morgan fingerprint density at radius 3 is 2.60 bits per heavy atom. The molecule has 2 amide bonds. The number of nitrogens with one attached hydrogen (secondary N) is 1. The lowest BCUT2D eigenvalue weighted by atomic mass is 9.99. The SMILES string of the molecule is O=C(O)C(CNC(=O)N1CCC(O)C1)c1ccccc1. The summed E-state index contributed by atoms with van der Waals surface area (Å²) >= 11 is 0. The Labute approximate surface area is 117 Å². The summed E-state index contributed by atoms with van der Waals surface area (Å²) in [7, 11) is 0. The molecule has 1 fully saturated rings. The predicted octanol–water partition coefficient (Wildman–Crippen LogP) is 0.631. The second-order valence-electron chi connectivity index (χ2n) is 4.88. The van der Waals surface area contributed by atoms with E-state index in [0.29, 0.717) is 25.1 Å². The van der Waals surface area contributed by atoms with Gasteiger partial charge in [-0.2, -0.15) is 0 Å². The van der Waals surface area contributed by atoms with E-state index in [0.717, 1.165) is 0 Å². The second-order valence-corrected chi connectivity index (χ2v) is 4.88. The molecule has 3 N–H and O–H groups in total. The van der Waals surface area contributed by atoms with Gasteiger partial charge in [0.1, 0.15) is 0 Å². The molecule has 0 spiro atoms. The molecule has 1 aliphatic rings. The van der Waals surface area contributed by atoms with E-state index in [-0.39, 0.29) is 12.6 Å². The van der Waals surface area contributed by atoms with Crippen molar-refractivity contribution in [1.29, 1.82) is 0 Å². The number of carboxylic acids is 1. The Morgan fingerprint density at radius 1 is 1.35 bits per heavy atom. The van der Waals surface area contributed by atoms with Crippen molar-refractivity contribution in [3.8, 4) is 0 Å². The molecule has 1 saturated heterocycles. The number of likely N-dealkylation sites (tertiary alicyclic amines) is 1. The van der Waals surface area contributed by atoms with E-state index in [1.165, 1.54) is 4.90 Å². The third-order valence-corrected chi connectivity index (χ3v) is 3.41. The average molecular weight is 278 g/mol. The van der Waals surface area contributed by atoms with E-state index >= 15 is 0 Å². The maximum Gasteiger partial charge on any atom is 0.317 e. The zero-order chi connectivity index (χ0) is 14.5. The Morgan fingerprint density at radius 2 is 2.05 bits per heavy atom. The van der Waals surface area contributed by atoms with Crippen LogP contribution in [0.2, 0.25) is 0 Å². The first-order valence-electron chi connectivity index (χ1n) is 6.56. The lowest BCUT2D eigenvalue weighted by Gasteiger charge is -2.19. The van der Waals surface area contributed by atoms with Gasteiger partial charge in [0.05, 0.1) is 12.0 Å². The largest absolute Gasteiger partial charge is 0.481 e. The minimum atomic E-state index is -0.974. The minimum absolute atomic E-state index is 0.0325. The molecule has 0 aliphatic carbocycles. The number of rotatable bonds is 4. The Balaban J connectivity index is 1.93. The van der Waals surface area contributed by atoms with E-state index in [1.807, 2.05) is 6.07 Å². The quantitative estimate of drug-likeness (QED) is 0.753. The van der Waals surface area contributed by atoms with Crippen LogP contribution < -0.4 is 5.32 Å². The van der Waals surface area contributed by atoms with Gasteiger partial charge in [0.2, 0.25) is 0 Å². The number of carboxylic acid groups (broad SMARTS) is 1. The number of hydrogen-bond acceptors (Lipinski definition) is 3. The Kier molecular flexibility index (Phi) is 4.57. The maximum atomic E-state index is 11.9. The van der Waals surface area contributed by atoms with Gasteiger partial charge in [-0.3, -0.25) is 4.79 Å². The fourth-order valence-electron chi connectivity index (χ4n) is 2.26. The van der Waals surface area contributed by atoms with Crippen LogP contribution in [0, 0.1) is 0 Å². The van der Waals surface area contributed by atoms with Gasteiger partial charge in [0.15, 0.2) is 0 Å². The van der Waals surface area contributed by atoms with Gasteiger partial charge < -0.3 is 20.4 Å². The highest BCUT2D eigenvalue weighted by atomic mass is 16.4. The van der Waals surface area contributed by atoms with Crippen molar-refractivity contribution in [2.45, 2.75) is 18.4 Å². The molecule has 6 heteroatoms. The number of carbonyl (C=O) groups is 2. The first kappa shape index (κ1) is 14.3. The summed E-state index contributed by atoms with van der Waals surface area (Å²) < 4.78 is 0. The van der Waals surface area contributed by atoms with Crippen molar-refractivity contribution >= 4 is 12.0 Å². The molecular weight excluding hydrogens is 260 g/mol. The van der Waals surface area contributed by atoms with Gasteiger partial charge >= 0.3 is 12.0 Å². The molecule has 1 aromatic rings. The molecule has 108 valence electrons. The van der Waals surface area contributed by atoms with Crippen LogP contribution in [0.1, 0.15) is 17.9 Å². The first-order valence-corrected chi connectivity index (χ1v) is 6.56. The molecule has 2 unspecified atom stereocenters. The summed E-state index contributed by atoms with van der Waals surface area (Å²) in [5.41, 5.74) is 0.654. The zero-order valence-corrected chi connectivity index (χ0v) is 11.0. The number of aliphatic hydroxyl groups excluding tert-OH is 1. The van der Waals surface area contributed by atoms with Crippen LogP contribution in [-0.2, 0) is 4.79 Å². The number of aliphatic carboxylic acids is 1. The summed E-state index contributed by atoms with van der Waals surface area (Å²) in [4.78, 5) is 24.6. The fraction of sp³-hybridized carbons (Fsp3) is 0.429. The van der Waals surface area contributed by atoms with Gasteiger partial charge in [0, 0.05) is 19.6 Å². The maximum absolute atomic E-state index is 11.9. The van der Waals surface area contributed by atoms with Crippen molar-refractivity contribution in [2.24, 2.45) is 0 Å². The highest BCUT2D eigenvalue weighted by Gasteiger charge is 2.26. The van der Waals surface area contributed by atoms with Crippen LogP contribution in [0.4, 0.5) is 4.79 Å². The minimum Gasteiger partial charge on any atom is -0.481 e. The van der Waals surface area contributed by atoms with Crippen molar-refractivity contribution in [3.05, 3.63) is 35.9 Å². The summed E-state index contributed by atoms with van der Waals surface area (Å²) in [6, 6.07) is 8.47. The number of hydrogen-bond donors (Lipinski definition) is 3. The highest BCUT2D eigenvalue weighted by Crippen LogP contribution is 2.15. The van der Waals surface area contributed by atoms with Crippen molar-refractivity contribution in [3.63, 3.8) is 0 Å². The van der Waals surface area contributed by atoms with E-state index in [2.05, 4.69) is 5.32 Å². The van der Waals surface area contributed by atoms with E-state index in [9.17, 15) is 19.8 Å². The summed E-state index contributed by atoms with van der Waals surface area (Å²) in [5, 5.41) is 21.2. The molecule has 2 atom stereocenters. The number of aliphatic hydroxyl groups is 1. The molecular formula is C14H18N2O4. The molecule has 2 rings (SSSR count). The molecule has 20 heavy (non-hydrogen) atoms. The van der Waals surface area contributed by atoms with Crippen molar-refractivity contribution in [1.82, 2.24) is 10.2 Å². The van der Waals surface area contributed by atoms with Crippen LogP contribution >= 0.6 is 0 Å². The monoisotopic (exact) mass is 278 g/mol. The molecule has 1 aromatic carbocycles. The molecule has 6 nitrogen and oxygen atoms in total. The Bertz CT molecular complexity index is 477. The van der Waals surface area contributed by atoms with Gasteiger partial charge in [-0.1, -0.05) is 30.3 Å². The van der Waals surface area contributed by atoms with Gasteiger partial charge in [-0.15, -0.1) is 0 Å².